The van der Waals surface area contributed by atoms with E-state index in [1.165, 1.54) is 10.2 Å². The van der Waals surface area contributed by atoms with Crippen LogP contribution in [0.3, 0.4) is 0 Å². The zero-order valence-electron chi connectivity index (χ0n) is 13.0. The fourth-order valence-corrected chi connectivity index (χ4v) is 3.24. The molecule has 0 unspecified atom stereocenters. The first-order chi connectivity index (χ1) is 11.2. The average Bonchev–Trinajstić information content (AvgIpc) is 3.17. The Labute approximate surface area is 132 Å². The van der Waals surface area contributed by atoms with Crippen LogP contribution < -0.4 is 5.56 Å². The minimum absolute atomic E-state index is 0.113. The van der Waals surface area contributed by atoms with Gasteiger partial charge < -0.3 is 0 Å². The number of rotatable bonds is 3. The van der Waals surface area contributed by atoms with Gasteiger partial charge >= 0.3 is 0 Å². The second-order valence-electron chi connectivity index (χ2n) is 6.09. The second-order valence-corrected chi connectivity index (χ2v) is 6.09. The number of hydrogen-bond acceptors (Lipinski definition) is 5. The van der Waals surface area contributed by atoms with Crippen LogP contribution in [0.2, 0.25) is 0 Å². The monoisotopic (exact) mass is 313 g/mol. The largest absolute Gasteiger partial charge is 0.297 e. The predicted octanol–water partition coefficient (Wildman–Crippen LogP) is 0.829. The van der Waals surface area contributed by atoms with Gasteiger partial charge in [-0.3, -0.25) is 19.9 Å². The highest BCUT2D eigenvalue weighted by molar-refractivity contribution is 5.27. The maximum Gasteiger partial charge on any atom is 0.274 e. The Morgan fingerprint density at radius 1 is 1.30 bits per heavy atom. The molecule has 0 aromatic carbocycles. The number of H-pyrrole nitrogens is 2. The quantitative estimate of drug-likeness (QED) is 0.747. The number of aryl methyl sites for hydroxylation is 1. The summed E-state index contributed by atoms with van der Waals surface area (Å²) in [5.74, 6) is 1.67. The average molecular weight is 313 g/mol. The normalized spacial score (nSPS) is 17.1. The van der Waals surface area contributed by atoms with E-state index < -0.39 is 0 Å². The highest BCUT2D eigenvalue weighted by Crippen LogP contribution is 2.26. The predicted molar refractivity (Wildman–Crippen MR) is 84.2 cm³/mol. The maximum atomic E-state index is 12.1. The molecule has 0 atom stereocenters. The summed E-state index contributed by atoms with van der Waals surface area (Å²) in [4.78, 5) is 23.1. The zero-order chi connectivity index (χ0) is 15.8. The molecule has 0 amide bonds. The Morgan fingerprint density at radius 3 is 2.87 bits per heavy atom. The first-order valence-electron chi connectivity index (χ1n) is 7.86. The van der Waals surface area contributed by atoms with Crippen LogP contribution in [0.5, 0.6) is 0 Å². The van der Waals surface area contributed by atoms with E-state index >= 15 is 0 Å². The van der Waals surface area contributed by atoms with Gasteiger partial charge in [0.25, 0.3) is 11.3 Å². The van der Waals surface area contributed by atoms with Gasteiger partial charge in [-0.25, -0.2) is 4.98 Å². The van der Waals surface area contributed by atoms with Crippen molar-refractivity contribution in [3.05, 3.63) is 45.9 Å². The Hall–Kier alpha value is -2.48. The van der Waals surface area contributed by atoms with E-state index in [9.17, 15) is 4.79 Å². The number of nitrogens with one attached hydrogen (secondary N) is 2. The lowest BCUT2D eigenvalue weighted by Gasteiger charge is -2.31. The molecule has 0 aliphatic carbocycles. The summed E-state index contributed by atoms with van der Waals surface area (Å²) in [5, 5.41) is 9.98. The van der Waals surface area contributed by atoms with Crippen LogP contribution in [0.1, 0.15) is 36.0 Å². The lowest BCUT2D eigenvalue weighted by atomic mass is 9.93. The molecule has 0 saturated carbocycles. The van der Waals surface area contributed by atoms with E-state index in [4.69, 9.17) is 0 Å². The molecule has 1 aliphatic heterocycles. The van der Waals surface area contributed by atoms with Crippen molar-refractivity contribution in [2.24, 2.45) is 0 Å². The van der Waals surface area contributed by atoms with Gasteiger partial charge in [0.15, 0.2) is 0 Å². The van der Waals surface area contributed by atoms with E-state index in [1.54, 1.807) is 12.3 Å². The summed E-state index contributed by atoms with van der Waals surface area (Å²) in [6, 6.07) is 3.64. The fraction of sp³-hybridized carbons (Fsp3) is 0.467. The number of hydrogen-bond donors (Lipinski definition) is 2. The van der Waals surface area contributed by atoms with Crippen molar-refractivity contribution in [1.82, 2.24) is 34.7 Å². The molecule has 4 rings (SSSR count). The van der Waals surface area contributed by atoms with Crippen molar-refractivity contribution in [1.29, 1.82) is 0 Å². The molecule has 2 N–H and O–H groups in total. The Kier molecular flexibility index (Phi) is 3.45. The molecule has 8 heteroatoms. The van der Waals surface area contributed by atoms with Crippen molar-refractivity contribution in [2.45, 2.75) is 32.2 Å². The van der Waals surface area contributed by atoms with Crippen molar-refractivity contribution in [2.75, 3.05) is 13.1 Å². The van der Waals surface area contributed by atoms with Crippen molar-refractivity contribution in [3.8, 4) is 0 Å². The number of aromatic nitrogens is 6. The third-order valence-corrected chi connectivity index (χ3v) is 4.43. The first-order valence-corrected chi connectivity index (χ1v) is 7.86. The summed E-state index contributed by atoms with van der Waals surface area (Å²) in [6.07, 6.45) is 3.98. The molecule has 0 bridgehead atoms. The lowest BCUT2D eigenvalue weighted by molar-refractivity contribution is 0.201. The number of piperidine rings is 1. The number of aromatic amines is 2. The summed E-state index contributed by atoms with van der Waals surface area (Å²) in [6.45, 7) is 4.48. The molecule has 1 fully saturated rings. The first kappa shape index (κ1) is 14.1. The van der Waals surface area contributed by atoms with Gasteiger partial charge in [0, 0.05) is 30.4 Å². The van der Waals surface area contributed by atoms with Gasteiger partial charge in [0.1, 0.15) is 5.82 Å². The highest BCUT2D eigenvalue weighted by atomic mass is 16.1. The van der Waals surface area contributed by atoms with Gasteiger partial charge in [-0.2, -0.15) is 14.6 Å². The molecule has 23 heavy (non-hydrogen) atoms. The zero-order valence-corrected chi connectivity index (χ0v) is 13.0. The third kappa shape index (κ3) is 2.77. The topological polar surface area (TPSA) is 95.0 Å². The Morgan fingerprint density at radius 2 is 2.13 bits per heavy atom. The number of likely N-dealkylation sites (tertiary alicyclic amines) is 1. The van der Waals surface area contributed by atoms with Gasteiger partial charge in [-0.15, -0.1) is 0 Å². The van der Waals surface area contributed by atoms with Crippen LogP contribution in [-0.4, -0.2) is 47.8 Å². The summed E-state index contributed by atoms with van der Waals surface area (Å²) >= 11 is 0. The number of nitrogens with zero attached hydrogens (tertiary/aromatic N) is 5. The van der Waals surface area contributed by atoms with E-state index in [0.29, 0.717) is 24.1 Å². The summed E-state index contributed by atoms with van der Waals surface area (Å²) in [5.41, 5.74) is 1.88. The molecule has 120 valence electrons. The van der Waals surface area contributed by atoms with E-state index in [-0.39, 0.29) is 5.56 Å². The molecule has 3 aromatic rings. The van der Waals surface area contributed by atoms with Crippen LogP contribution in [0.25, 0.3) is 5.78 Å². The van der Waals surface area contributed by atoms with Gasteiger partial charge in [0.05, 0.1) is 5.69 Å². The second kappa shape index (κ2) is 5.62. The SMILES string of the molecule is Cc1nc2nc(CN3CCC(c4ccn[nH]4)CC3)cc(=O)n2[nH]1. The van der Waals surface area contributed by atoms with E-state index in [2.05, 4.69) is 36.2 Å². The van der Waals surface area contributed by atoms with Gasteiger partial charge in [-0.05, 0) is 38.9 Å². The molecular weight excluding hydrogens is 294 g/mol. The molecular formula is C15H19N7O. The van der Waals surface area contributed by atoms with Gasteiger partial charge in [-0.1, -0.05) is 0 Å². The lowest BCUT2D eigenvalue weighted by Crippen LogP contribution is -2.33. The van der Waals surface area contributed by atoms with Crippen molar-refractivity contribution >= 4 is 5.78 Å². The van der Waals surface area contributed by atoms with Crippen molar-refractivity contribution in [3.63, 3.8) is 0 Å². The summed E-state index contributed by atoms with van der Waals surface area (Å²) < 4.78 is 1.38. The maximum absolute atomic E-state index is 12.1. The van der Waals surface area contributed by atoms with Crippen LogP contribution in [0.15, 0.2) is 23.1 Å². The minimum atomic E-state index is -0.113. The molecule has 8 nitrogen and oxygen atoms in total. The van der Waals surface area contributed by atoms with Crippen LogP contribution >= 0.6 is 0 Å². The Bertz CT molecular complexity index is 856. The number of fused-ring (bicyclic) bond motifs is 1. The fourth-order valence-electron chi connectivity index (χ4n) is 3.24. The Balaban J connectivity index is 1.46. The molecule has 3 aromatic heterocycles. The third-order valence-electron chi connectivity index (χ3n) is 4.43. The van der Waals surface area contributed by atoms with E-state index in [0.717, 1.165) is 31.6 Å². The van der Waals surface area contributed by atoms with Crippen molar-refractivity contribution < 1.29 is 0 Å². The smallest absolute Gasteiger partial charge is 0.274 e. The van der Waals surface area contributed by atoms with Crippen LogP contribution in [0.4, 0.5) is 0 Å². The van der Waals surface area contributed by atoms with Gasteiger partial charge in [0.2, 0.25) is 0 Å². The standard InChI is InChI=1S/C15H19N7O/c1-10-17-15-18-12(8-14(23)22(15)20-10)9-21-6-3-11(4-7-21)13-2-5-16-19-13/h2,5,8,11H,3-4,6-7,9H2,1H3,(H,16,19)(H,17,18,20). The van der Waals surface area contributed by atoms with Crippen LogP contribution in [0, 0.1) is 6.92 Å². The van der Waals surface area contributed by atoms with E-state index in [1.807, 2.05) is 6.92 Å². The molecule has 4 heterocycles. The minimum Gasteiger partial charge on any atom is -0.297 e. The molecule has 1 aliphatic rings. The molecule has 0 radical (unpaired) electrons. The van der Waals surface area contributed by atoms with Crippen LogP contribution in [-0.2, 0) is 6.54 Å². The summed E-state index contributed by atoms with van der Waals surface area (Å²) in [7, 11) is 0. The molecule has 0 spiro atoms. The highest BCUT2D eigenvalue weighted by Gasteiger charge is 2.22. The molecule has 1 saturated heterocycles.